The third-order valence-electron chi connectivity index (χ3n) is 4.94. The largest absolute Gasteiger partial charge is 0.350 e. The molecular weight excluding hydrogens is 388 g/mol. The summed E-state index contributed by atoms with van der Waals surface area (Å²) in [5, 5.41) is 1.15. The molecule has 1 aromatic carbocycles. The normalized spacial score (nSPS) is 13.0. The lowest BCUT2D eigenvalue weighted by Crippen LogP contribution is -2.35. The van der Waals surface area contributed by atoms with Gasteiger partial charge in [-0.3, -0.25) is 4.79 Å². The molecule has 28 heavy (non-hydrogen) atoms. The second-order valence-corrected chi connectivity index (χ2v) is 9.38. The van der Waals surface area contributed by atoms with Crippen molar-refractivity contribution in [2.75, 3.05) is 32.6 Å². The second kappa shape index (κ2) is 8.09. The number of thioether (sulfide) groups is 1. The van der Waals surface area contributed by atoms with Crippen molar-refractivity contribution >= 4 is 45.0 Å². The maximum absolute atomic E-state index is 12.3. The third kappa shape index (κ3) is 3.86. The maximum Gasteiger partial charge on any atom is 0.241 e. The van der Waals surface area contributed by atoms with E-state index in [0.29, 0.717) is 12.3 Å². The van der Waals surface area contributed by atoms with Gasteiger partial charge in [0.15, 0.2) is 0 Å². The van der Waals surface area contributed by atoms with Crippen LogP contribution in [0.15, 0.2) is 35.2 Å². The van der Waals surface area contributed by atoms with Gasteiger partial charge < -0.3 is 9.80 Å². The highest BCUT2D eigenvalue weighted by Gasteiger charge is 2.24. The van der Waals surface area contributed by atoms with Gasteiger partial charge in [-0.15, -0.1) is 23.1 Å². The van der Waals surface area contributed by atoms with Gasteiger partial charge in [0, 0.05) is 30.9 Å². The molecule has 0 N–H and O–H groups in total. The quantitative estimate of drug-likeness (QED) is 0.573. The molecule has 146 valence electrons. The molecule has 0 unspecified atom stereocenters. The Morgan fingerprint density at radius 3 is 2.68 bits per heavy atom. The van der Waals surface area contributed by atoms with E-state index < -0.39 is 0 Å². The Balaban J connectivity index is 1.69. The molecular formula is C21H24N4OS2. The number of likely N-dealkylation sites (N-methyl/N-ethyl adjacent to an activating group) is 2. The van der Waals surface area contributed by atoms with Gasteiger partial charge in [0.25, 0.3) is 0 Å². The molecule has 4 rings (SSSR count). The number of rotatable bonds is 6. The Kier molecular flexibility index (Phi) is 5.55. The monoisotopic (exact) mass is 412 g/mol. The van der Waals surface area contributed by atoms with Crippen molar-refractivity contribution in [1.29, 1.82) is 0 Å². The number of amides is 1. The summed E-state index contributed by atoms with van der Waals surface area (Å²) in [6.07, 6.45) is 3.41. The standard InChI is InChI=1S/C21H24N4OS2/c1-24(2)18(26)12-25(3)20-19-15-10-7-11-16(15)28-21(19)23-17(22-20)13-27-14-8-5-4-6-9-14/h4-6,8-9H,7,10-13H2,1-3H3. The van der Waals surface area contributed by atoms with Crippen molar-refractivity contribution in [2.24, 2.45) is 0 Å². The average Bonchev–Trinajstić information content (AvgIpc) is 3.27. The van der Waals surface area contributed by atoms with Crippen LogP contribution in [0.25, 0.3) is 10.2 Å². The molecule has 0 radical (unpaired) electrons. The highest BCUT2D eigenvalue weighted by Crippen LogP contribution is 2.40. The van der Waals surface area contributed by atoms with Crippen molar-refractivity contribution in [3.05, 3.63) is 46.6 Å². The molecule has 1 aliphatic rings. The van der Waals surface area contributed by atoms with Gasteiger partial charge in [-0.1, -0.05) is 18.2 Å². The van der Waals surface area contributed by atoms with Gasteiger partial charge in [0.1, 0.15) is 16.5 Å². The van der Waals surface area contributed by atoms with Gasteiger partial charge in [-0.25, -0.2) is 9.97 Å². The van der Waals surface area contributed by atoms with Crippen LogP contribution in [0.4, 0.5) is 5.82 Å². The maximum atomic E-state index is 12.3. The van der Waals surface area contributed by atoms with Crippen molar-refractivity contribution in [1.82, 2.24) is 14.9 Å². The number of hydrogen-bond acceptors (Lipinski definition) is 6. The predicted octanol–water partition coefficient (Wildman–Crippen LogP) is 4.00. The first-order valence-electron chi connectivity index (χ1n) is 9.43. The number of fused-ring (bicyclic) bond motifs is 3. The minimum absolute atomic E-state index is 0.0707. The SMILES string of the molecule is CN(C)C(=O)CN(C)c1nc(CSc2ccccc2)nc2sc3c(c12)CCC3. The summed E-state index contributed by atoms with van der Waals surface area (Å²) in [5.74, 6) is 2.50. The van der Waals surface area contributed by atoms with Crippen molar-refractivity contribution < 1.29 is 4.79 Å². The van der Waals surface area contributed by atoms with E-state index in [1.807, 2.05) is 30.1 Å². The van der Waals surface area contributed by atoms with Crippen LogP contribution in [-0.2, 0) is 23.4 Å². The van der Waals surface area contributed by atoms with Crippen LogP contribution in [0.5, 0.6) is 0 Å². The molecule has 5 nitrogen and oxygen atoms in total. The molecule has 0 bridgehead atoms. The van der Waals surface area contributed by atoms with Crippen LogP contribution in [0.2, 0.25) is 0 Å². The molecule has 1 amide bonds. The Labute approximate surface area is 173 Å². The first kappa shape index (κ1) is 19.2. The molecule has 0 aliphatic heterocycles. The van der Waals surface area contributed by atoms with E-state index in [2.05, 4.69) is 12.1 Å². The fourth-order valence-corrected chi connectivity index (χ4v) is 5.49. The number of aryl methyl sites for hydroxylation is 2. The van der Waals surface area contributed by atoms with Crippen molar-refractivity contribution in [2.45, 2.75) is 29.9 Å². The molecule has 0 atom stereocenters. The number of hydrogen-bond donors (Lipinski definition) is 0. The predicted molar refractivity (Wildman–Crippen MR) is 117 cm³/mol. The smallest absolute Gasteiger partial charge is 0.241 e. The number of aromatic nitrogens is 2. The van der Waals surface area contributed by atoms with Gasteiger partial charge in [-0.05, 0) is 37.0 Å². The Hall–Kier alpha value is -2.12. The van der Waals surface area contributed by atoms with E-state index in [1.165, 1.54) is 21.8 Å². The van der Waals surface area contributed by atoms with E-state index in [-0.39, 0.29) is 5.91 Å². The van der Waals surface area contributed by atoms with Crippen molar-refractivity contribution in [3.63, 3.8) is 0 Å². The minimum Gasteiger partial charge on any atom is -0.350 e. The van der Waals surface area contributed by atoms with Gasteiger partial charge in [-0.2, -0.15) is 0 Å². The minimum atomic E-state index is 0.0707. The van der Waals surface area contributed by atoms with E-state index in [9.17, 15) is 4.79 Å². The summed E-state index contributed by atoms with van der Waals surface area (Å²) in [6.45, 7) is 0.314. The number of carbonyl (C=O) groups is 1. The van der Waals surface area contributed by atoms with Crippen LogP contribution in [0, 0.1) is 0 Å². The fraction of sp³-hybridized carbons (Fsp3) is 0.381. The lowest BCUT2D eigenvalue weighted by molar-refractivity contribution is -0.127. The summed E-state index contributed by atoms with van der Waals surface area (Å²) in [7, 11) is 5.53. The molecule has 2 aromatic heterocycles. The summed E-state index contributed by atoms with van der Waals surface area (Å²) in [6, 6.07) is 10.3. The zero-order valence-electron chi connectivity index (χ0n) is 16.4. The Morgan fingerprint density at radius 2 is 1.93 bits per heavy atom. The number of benzene rings is 1. The number of anilines is 1. The highest BCUT2D eigenvalue weighted by molar-refractivity contribution is 7.98. The van der Waals surface area contributed by atoms with Crippen LogP contribution in [0.1, 0.15) is 22.7 Å². The summed E-state index contributed by atoms with van der Waals surface area (Å²) >= 11 is 3.53. The second-order valence-electron chi connectivity index (χ2n) is 7.25. The van der Waals surface area contributed by atoms with Crippen molar-refractivity contribution in [3.8, 4) is 0 Å². The summed E-state index contributed by atoms with van der Waals surface area (Å²) < 4.78 is 0. The zero-order chi connectivity index (χ0) is 19.7. The molecule has 2 heterocycles. The number of carbonyl (C=O) groups excluding carboxylic acids is 1. The molecule has 0 fully saturated rings. The molecule has 1 aliphatic carbocycles. The van der Waals surface area contributed by atoms with Crippen LogP contribution in [-0.4, -0.2) is 48.5 Å². The lowest BCUT2D eigenvalue weighted by atomic mass is 10.2. The van der Waals surface area contributed by atoms with Gasteiger partial charge >= 0.3 is 0 Å². The van der Waals surface area contributed by atoms with E-state index >= 15 is 0 Å². The lowest BCUT2D eigenvalue weighted by Gasteiger charge is -2.21. The molecule has 0 spiro atoms. The first-order valence-corrected chi connectivity index (χ1v) is 11.2. The Morgan fingerprint density at radius 1 is 1.14 bits per heavy atom. The average molecular weight is 413 g/mol. The summed E-state index contributed by atoms with van der Waals surface area (Å²) in [4.78, 5) is 29.4. The molecule has 0 saturated heterocycles. The first-order chi connectivity index (χ1) is 13.5. The summed E-state index contributed by atoms with van der Waals surface area (Å²) in [5.41, 5.74) is 1.39. The van der Waals surface area contributed by atoms with Crippen LogP contribution < -0.4 is 4.90 Å². The Bertz CT molecular complexity index is 1000. The number of thiophene rings is 1. The van der Waals surface area contributed by atoms with Gasteiger partial charge in [0.2, 0.25) is 5.91 Å². The van der Waals surface area contributed by atoms with E-state index in [0.717, 1.165) is 34.7 Å². The van der Waals surface area contributed by atoms with E-state index in [4.69, 9.17) is 9.97 Å². The zero-order valence-corrected chi connectivity index (χ0v) is 18.1. The van der Waals surface area contributed by atoms with Crippen LogP contribution in [0.3, 0.4) is 0 Å². The molecule has 7 heteroatoms. The highest BCUT2D eigenvalue weighted by atomic mass is 32.2. The fourth-order valence-electron chi connectivity index (χ4n) is 3.44. The molecule has 0 saturated carbocycles. The van der Waals surface area contributed by atoms with Gasteiger partial charge in [0.05, 0.1) is 17.7 Å². The van der Waals surface area contributed by atoms with Crippen LogP contribution >= 0.6 is 23.1 Å². The molecule has 3 aromatic rings. The number of nitrogens with zero attached hydrogens (tertiary/aromatic N) is 4. The third-order valence-corrected chi connectivity index (χ3v) is 7.13. The topological polar surface area (TPSA) is 49.3 Å². The van der Waals surface area contributed by atoms with E-state index in [1.54, 1.807) is 42.1 Å².